The third kappa shape index (κ3) is 1.89. The van der Waals surface area contributed by atoms with Gasteiger partial charge in [-0.15, -0.1) is 0 Å². The molecule has 20 heavy (non-hydrogen) atoms. The zero-order valence-corrected chi connectivity index (χ0v) is 10.8. The number of aromatic nitrogens is 2. The standard InChI is InChI=1S/C11H14F2N2O5/c1-10(12)7(18)11(13,5-16)20-8(10)15-4-3-6(17)14(2)9(15)19/h3-4,7-8,16,18H,5H2,1-2H3. The molecule has 112 valence electrons. The highest BCUT2D eigenvalue weighted by Gasteiger charge is 2.64. The SMILES string of the molecule is Cn1c(=O)ccn(C2OC(F)(CO)C(O)C2(C)F)c1=O. The largest absolute Gasteiger partial charge is 0.390 e. The summed E-state index contributed by atoms with van der Waals surface area (Å²) in [6.07, 6.45) is -3.15. The second-order valence-electron chi connectivity index (χ2n) is 4.87. The fourth-order valence-corrected chi connectivity index (χ4v) is 2.14. The first-order chi connectivity index (χ1) is 9.15. The van der Waals surface area contributed by atoms with E-state index in [2.05, 4.69) is 0 Å². The molecule has 0 aromatic carbocycles. The first kappa shape index (κ1) is 14.8. The average molecular weight is 292 g/mol. The minimum Gasteiger partial charge on any atom is -0.390 e. The van der Waals surface area contributed by atoms with Crippen molar-refractivity contribution in [3.8, 4) is 0 Å². The van der Waals surface area contributed by atoms with Gasteiger partial charge in [0, 0.05) is 19.3 Å². The van der Waals surface area contributed by atoms with Crippen LogP contribution < -0.4 is 11.2 Å². The topological polar surface area (TPSA) is 93.7 Å². The van der Waals surface area contributed by atoms with Gasteiger partial charge in [0.1, 0.15) is 6.61 Å². The zero-order valence-electron chi connectivity index (χ0n) is 10.8. The molecule has 4 unspecified atom stereocenters. The molecule has 1 saturated heterocycles. The number of nitrogens with zero attached hydrogens (tertiary/aromatic N) is 2. The van der Waals surface area contributed by atoms with Crippen molar-refractivity contribution in [1.29, 1.82) is 0 Å². The van der Waals surface area contributed by atoms with Gasteiger partial charge in [-0.1, -0.05) is 0 Å². The molecule has 7 nitrogen and oxygen atoms in total. The highest BCUT2D eigenvalue weighted by molar-refractivity contribution is 5.04. The van der Waals surface area contributed by atoms with Gasteiger partial charge in [0.05, 0.1) is 0 Å². The summed E-state index contributed by atoms with van der Waals surface area (Å²) in [5.41, 5.74) is -4.22. The predicted molar refractivity (Wildman–Crippen MR) is 62.5 cm³/mol. The maximum atomic E-state index is 14.5. The van der Waals surface area contributed by atoms with Gasteiger partial charge >= 0.3 is 5.69 Å². The Kier molecular flexibility index (Phi) is 3.31. The average Bonchev–Trinajstić information content (AvgIpc) is 2.58. The molecule has 0 amide bonds. The summed E-state index contributed by atoms with van der Waals surface area (Å²) in [7, 11) is 1.16. The molecule has 0 bridgehead atoms. The van der Waals surface area contributed by atoms with Gasteiger partial charge in [-0.25, -0.2) is 13.6 Å². The van der Waals surface area contributed by atoms with Gasteiger partial charge in [0.15, 0.2) is 18.0 Å². The molecule has 1 fully saturated rings. The lowest BCUT2D eigenvalue weighted by atomic mass is 9.97. The van der Waals surface area contributed by atoms with Crippen LogP contribution in [0.2, 0.25) is 0 Å². The van der Waals surface area contributed by atoms with Crippen molar-refractivity contribution in [2.24, 2.45) is 7.05 Å². The maximum absolute atomic E-state index is 14.5. The van der Waals surface area contributed by atoms with Crippen LogP contribution in [0.25, 0.3) is 0 Å². The molecule has 0 aliphatic carbocycles. The Morgan fingerprint density at radius 2 is 2.05 bits per heavy atom. The number of rotatable bonds is 2. The Labute approximate surface area is 111 Å². The fourth-order valence-electron chi connectivity index (χ4n) is 2.14. The predicted octanol–water partition coefficient (Wildman–Crippen LogP) is -1.18. The van der Waals surface area contributed by atoms with Crippen LogP contribution in [0.3, 0.4) is 0 Å². The van der Waals surface area contributed by atoms with E-state index in [1.165, 1.54) is 0 Å². The fraction of sp³-hybridized carbons (Fsp3) is 0.636. The Morgan fingerprint density at radius 1 is 1.45 bits per heavy atom. The number of aliphatic hydroxyl groups is 2. The number of ether oxygens (including phenoxy) is 1. The van der Waals surface area contributed by atoms with Crippen LogP contribution in [0.4, 0.5) is 8.78 Å². The number of hydrogen-bond acceptors (Lipinski definition) is 5. The second kappa shape index (κ2) is 4.47. The minimum atomic E-state index is -3.03. The van der Waals surface area contributed by atoms with Crippen LogP contribution in [0.5, 0.6) is 0 Å². The molecule has 1 aliphatic heterocycles. The van der Waals surface area contributed by atoms with Crippen LogP contribution in [0, 0.1) is 0 Å². The van der Waals surface area contributed by atoms with Gasteiger partial charge < -0.3 is 14.9 Å². The Balaban J connectivity index is 2.57. The number of aliphatic hydroxyl groups excluding tert-OH is 2. The third-order valence-electron chi connectivity index (χ3n) is 3.42. The number of halogens is 2. The van der Waals surface area contributed by atoms with Crippen molar-refractivity contribution >= 4 is 0 Å². The van der Waals surface area contributed by atoms with Gasteiger partial charge in [-0.05, 0) is 6.92 Å². The normalized spacial score (nSPS) is 37.3. The smallest absolute Gasteiger partial charge is 0.332 e. The van der Waals surface area contributed by atoms with Crippen LogP contribution in [-0.4, -0.2) is 43.6 Å². The van der Waals surface area contributed by atoms with E-state index < -0.39 is 41.7 Å². The monoisotopic (exact) mass is 292 g/mol. The lowest BCUT2D eigenvalue weighted by molar-refractivity contribution is -0.207. The van der Waals surface area contributed by atoms with Crippen LogP contribution >= 0.6 is 0 Å². The van der Waals surface area contributed by atoms with E-state index in [9.17, 15) is 23.5 Å². The summed E-state index contributed by atoms with van der Waals surface area (Å²) in [4.78, 5) is 23.2. The van der Waals surface area contributed by atoms with Crippen molar-refractivity contribution in [1.82, 2.24) is 9.13 Å². The van der Waals surface area contributed by atoms with Crippen LogP contribution in [0.1, 0.15) is 13.2 Å². The highest BCUT2D eigenvalue weighted by Crippen LogP contribution is 2.46. The number of hydrogen-bond donors (Lipinski definition) is 2. The summed E-state index contributed by atoms with van der Waals surface area (Å²) < 4.78 is 34.5. The summed E-state index contributed by atoms with van der Waals surface area (Å²) in [5.74, 6) is -3.03. The zero-order chi connectivity index (χ0) is 15.3. The highest BCUT2D eigenvalue weighted by atomic mass is 19.2. The van der Waals surface area contributed by atoms with E-state index in [1.54, 1.807) is 0 Å². The summed E-state index contributed by atoms with van der Waals surface area (Å²) >= 11 is 0. The lowest BCUT2D eigenvalue weighted by Gasteiger charge is -2.24. The molecule has 9 heteroatoms. The van der Waals surface area contributed by atoms with Crippen molar-refractivity contribution < 1.29 is 23.7 Å². The third-order valence-corrected chi connectivity index (χ3v) is 3.42. The summed E-state index contributed by atoms with van der Waals surface area (Å²) in [6, 6.07) is 0.977. The first-order valence-corrected chi connectivity index (χ1v) is 5.78. The van der Waals surface area contributed by atoms with E-state index >= 15 is 0 Å². The molecule has 2 rings (SSSR count). The van der Waals surface area contributed by atoms with Crippen LogP contribution in [0.15, 0.2) is 21.9 Å². The molecular formula is C11H14F2N2O5. The molecule has 0 radical (unpaired) electrons. The minimum absolute atomic E-state index is 0.626. The molecule has 2 heterocycles. The van der Waals surface area contributed by atoms with E-state index in [0.29, 0.717) is 9.13 Å². The van der Waals surface area contributed by atoms with Gasteiger partial charge in [0.2, 0.25) is 0 Å². The Bertz CT molecular complexity index is 640. The van der Waals surface area contributed by atoms with Crippen molar-refractivity contribution in [2.75, 3.05) is 6.61 Å². The Hall–Kier alpha value is -1.58. The molecule has 1 aromatic rings. The molecule has 1 aliphatic rings. The van der Waals surface area contributed by atoms with Crippen molar-refractivity contribution in [2.45, 2.75) is 30.8 Å². The molecule has 0 saturated carbocycles. The molecule has 2 N–H and O–H groups in total. The summed E-state index contributed by atoms with van der Waals surface area (Å²) in [6.45, 7) is -0.429. The second-order valence-corrected chi connectivity index (χ2v) is 4.87. The van der Waals surface area contributed by atoms with Gasteiger partial charge in [-0.3, -0.25) is 13.9 Å². The van der Waals surface area contributed by atoms with Gasteiger partial charge in [-0.2, -0.15) is 0 Å². The maximum Gasteiger partial charge on any atom is 0.332 e. The van der Waals surface area contributed by atoms with Crippen LogP contribution in [-0.2, 0) is 11.8 Å². The molecule has 4 atom stereocenters. The van der Waals surface area contributed by atoms with E-state index in [-0.39, 0.29) is 0 Å². The van der Waals surface area contributed by atoms with Gasteiger partial charge in [0.25, 0.3) is 11.4 Å². The molecular weight excluding hydrogens is 278 g/mol. The van der Waals surface area contributed by atoms with E-state index in [1.807, 2.05) is 0 Å². The van der Waals surface area contributed by atoms with Crippen molar-refractivity contribution in [3.05, 3.63) is 33.1 Å². The first-order valence-electron chi connectivity index (χ1n) is 5.78. The Morgan fingerprint density at radius 3 is 2.55 bits per heavy atom. The quantitative estimate of drug-likeness (QED) is 0.716. The van der Waals surface area contributed by atoms with E-state index in [0.717, 1.165) is 26.2 Å². The number of alkyl halides is 2. The van der Waals surface area contributed by atoms with E-state index in [4.69, 9.17) is 9.84 Å². The molecule has 1 aromatic heterocycles. The lowest BCUT2D eigenvalue weighted by Crippen LogP contribution is -2.47. The van der Waals surface area contributed by atoms with Crippen molar-refractivity contribution in [3.63, 3.8) is 0 Å². The summed E-state index contributed by atoms with van der Waals surface area (Å²) in [5, 5.41) is 18.5. The molecule has 0 spiro atoms.